The molecule has 0 spiro atoms. The van der Waals surface area contributed by atoms with Crippen molar-refractivity contribution in [1.82, 2.24) is 0 Å². The average molecular weight is 118 g/mol. The Balaban J connectivity index is 0. The molecule has 0 heterocycles. The van der Waals surface area contributed by atoms with Gasteiger partial charge in [-0.3, -0.25) is 0 Å². The first kappa shape index (κ1) is 10.0. The molecule has 0 atom stereocenters. The molecular weight excluding hydrogens is 107 g/mol. The summed E-state index contributed by atoms with van der Waals surface area (Å²) in [5.74, 6) is 0. The second kappa shape index (κ2) is 16.8. The van der Waals surface area contributed by atoms with Crippen molar-refractivity contribution in [2.75, 3.05) is 0 Å². The Labute approximate surface area is 47.6 Å². The van der Waals surface area contributed by atoms with Crippen LogP contribution in [0.4, 0.5) is 0 Å². The van der Waals surface area contributed by atoms with Crippen LogP contribution in [0.5, 0.6) is 0 Å². The molecule has 0 unspecified atom stereocenters. The highest BCUT2D eigenvalue weighted by Crippen LogP contribution is 1.61. The van der Waals surface area contributed by atoms with E-state index in [1.165, 1.54) is 16.3 Å². The van der Waals surface area contributed by atoms with Crippen molar-refractivity contribution in [3.8, 4) is 0 Å². The van der Waals surface area contributed by atoms with Crippen molar-refractivity contribution in [3.05, 3.63) is 12.7 Å². The summed E-state index contributed by atoms with van der Waals surface area (Å²) in [6.07, 6.45) is 1.94. The molecule has 0 amide bonds. The van der Waals surface area contributed by atoms with Gasteiger partial charge < -0.3 is 10.0 Å². The van der Waals surface area contributed by atoms with Crippen LogP contribution < -0.4 is 0 Å². The van der Waals surface area contributed by atoms with Crippen LogP contribution in [-0.2, 0) is 0 Å². The van der Waals surface area contributed by atoms with Crippen molar-refractivity contribution in [2.45, 2.75) is 6.04 Å². The Kier molecular flexibility index (Phi) is 24.0. The Morgan fingerprint density at radius 1 is 1.71 bits per heavy atom. The van der Waals surface area contributed by atoms with Gasteiger partial charge in [0, 0.05) is 10.2 Å². The molecule has 0 radical (unpaired) electrons. The summed E-state index contributed by atoms with van der Waals surface area (Å²) in [6, 6.07) is 1.22. The minimum atomic E-state index is -0.750. The van der Waals surface area contributed by atoms with Crippen LogP contribution in [0.1, 0.15) is 0 Å². The predicted molar refractivity (Wildman–Crippen MR) is 36.5 cm³/mol. The lowest BCUT2D eigenvalue weighted by Crippen LogP contribution is -1.75. The molecule has 0 aromatic carbocycles. The van der Waals surface area contributed by atoms with Gasteiger partial charge in [-0.25, -0.2) is 0 Å². The summed E-state index contributed by atoms with van der Waals surface area (Å²) < 4.78 is 0. The number of hydrogen-bond acceptors (Lipinski definition) is 2. The van der Waals surface area contributed by atoms with E-state index in [1.807, 2.05) is 6.08 Å². The van der Waals surface area contributed by atoms with Gasteiger partial charge >= 0.3 is 7.69 Å². The highest BCUT2D eigenvalue weighted by molar-refractivity contribution is 6.13. The molecule has 0 aromatic heterocycles. The Bertz CT molecular complexity index is 34.1. The molecular formula is C3H11BO2Si. The zero-order valence-corrected chi connectivity index (χ0v) is 6.59. The van der Waals surface area contributed by atoms with Crippen molar-refractivity contribution in [1.29, 1.82) is 0 Å². The van der Waals surface area contributed by atoms with Gasteiger partial charge in [-0.1, -0.05) is 6.08 Å². The molecule has 0 aliphatic rings. The lowest BCUT2D eigenvalue weighted by Gasteiger charge is -1.57. The molecule has 0 fully saturated rings. The maximum atomic E-state index is 7.12. The van der Waals surface area contributed by atoms with E-state index in [0.29, 0.717) is 0 Å². The third kappa shape index (κ3) is 104. The molecule has 0 saturated heterocycles. The van der Waals surface area contributed by atoms with Crippen LogP contribution in [-0.4, -0.2) is 28.0 Å². The molecule has 0 bridgehead atoms. The highest BCUT2D eigenvalue weighted by atomic mass is 28.1. The molecule has 0 saturated carbocycles. The van der Waals surface area contributed by atoms with E-state index in [4.69, 9.17) is 10.0 Å². The molecule has 0 aliphatic heterocycles. The topological polar surface area (TPSA) is 40.5 Å². The maximum absolute atomic E-state index is 7.12. The zero-order chi connectivity index (χ0) is 6.12. The summed E-state index contributed by atoms with van der Waals surface area (Å²) in [7, 11) is 0.522. The summed E-state index contributed by atoms with van der Waals surface area (Å²) >= 11 is 0. The minimum Gasteiger partial charge on any atom is -0.430 e. The first-order valence-corrected chi connectivity index (χ1v) is 3.57. The van der Waals surface area contributed by atoms with E-state index in [9.17, 15) is 0 Å². The van der Waals surface area contributed by atoms with Crippen LogP contribution in [0, 0.1) is 0 Å². The lowest BCUT2D eigenvalue weighted by molar-refractivity contribution is 0.448. The van der Waals surface area contributed by atoms with E-state index < -0.39 is 7.69 Å². The average Bonchev–Trinajstić information content (AvgIpc) is 1.69. The minimum absolute atomic E-state index is 0.750. The van der Waals surface area contributed by atoms with Gasteiger partial charge in [-0.2, -0.15) is 0 Å². The standard InChI is InChI=1S/C3H8Si.BH3O2/c1-2-3-4;2-1-3/h2H,1,3H2,4H3;1-3H. The van der Waals surface area contributed by atoms with Gasteiger partial charge in [0.1, 0.15) is 0 Å². The van der Waals surface area contributed by atoms with Crippen molar-refractivity contribution >= 4 is 17.9 Å². The molecule has 2 nitrogen and oxygen atoms in total. The Morgan fingerprint density at radius 3 is 1.86 bits per heavy atom. The SMILES string of the molecule is C=CC[SiH3].OBO. The first-order chi connectivity index (χ1) is 3.33. The van der Waals surface area contributed by atoms with Crippen LogP contribution >= 0.6 is 0 Å². The van der Waals surface area contributed by atoms with Gasteiger partial charge in [0.15, 0.2) is 0 Å². The molecule has 7 heavy (non-hydrogen) atoms. The van der Waals surface area contributed by atoms with Crippen LogP contribution in [0.3, 0.4) is 0 Å². The van der Waals surface area contributed by atoms with Gasteiger partial charge in [0.05, 0.1) is 0 Å². The van der Waals surface area contributed by atoms with E-state index >= 15 is 0 Å². The normalized spacial score (nSPS) is 6.00. The summed E-state index contributed by atoms with van der Waals surface area (Å²) in [4.78, 5) is 0. The van der Waals surface area contributed by atoms with E-state index in [2.05, 4.69) is 6.58 Å². The maximum Gasteiger partial charge on any atom is 0.432 e. The first-order valence-electron chi connectivity index (χ1n) is 2.16. The number of allylic oxidation sites excluding steroid dienone is 1. The third-order valence-electron chi connectivity index (χ3n) is 0.289. The van der Waals surface area contributed by atoms with Gasteiger partial charge in [-0.05, 0) is 6.04 Å². The Morgan fingerprint density at radius 2 is 1.86 bits per heavy atom. The molecule has 0 rings (SSSR count). The number of rotatable bonds is 1. The fourth-order valence-corrected chi connectivity index (χ4v) is 0. The summed E-state index contributed by atoms with van der Waals surface area (Å²) in [5.41, 5.74) is 0. The molecule has 0 aromatic rings. The largest absolute Gasteiger partial charge is 0.432 e. The third-order valence-corrected chi connectivity index (χ3v) is 0.866. The fraction of sp³-hybridized carbons (Fsp3) is 0.333. The summed E-state index contributed by atoms with van der Waals surface area (Å²) in [5, 5.41) is 14.2. The molecule has 0 aliphatic carbocycles. The van der Waals surface area contributed by atoms with Crippen LogP contribution in [0.15, 0.2) is 12.7 Å². The van der Waals surface area contributed by atoms with E-state index in [-0.39, 0.29) is 0 Å². The summed E-state index contributed by atoms with van der Waals surface area (Å²) in [6.45, 7) is 3.51. The van der Waals surface area contributed by atoms with E-state index in [0.717, 1.165) is 0 Å². The smallest absolute Gasteiger partial charge is 0.430 e. The quantitative estimate of drug-likeness (QED) is 0.315. The number of hydrogen-bond donors (Lipinski definition) is 2. The molecule has 2 N–H and O–H groups in total. The highest BCUT2D eigenvalue weighted by Gasteiger charge is 1.48. The van der Waals surface area contributed by atoms with Crippen molar-refractivity contribution in [2.24, 2.45) is 0 Å². The lowest BCUT2D eigenvalue weighted by atomic mass is 10.5. The predicted octanol–water partition coefficient (Wildman–Crippen LogP) is -1.81. The Hall–Kier alpha value is -0.0582. The van der Waals surface area contributed by atoms with Gasteiger partial charge in [-0.15, -0.1) is 6.58 Å². The van der Waals surface area contributed by atoms with Crippen LogP contribution in [0.25, 0.3) is 0 Å². The zero-order valence-electron chi connectivity index (χ0n) is 4.59. The fourth-order valence-electron chi connectivity index (χ4n) is 0. The van der Waals surface area contributed by atoms with Crippen LogP contribution in [0.2, 0.25) is 6.04 Å². The second-order valence-electron chi connectivity index (χ2n) is 0.838. The molecule has 42 valence electrons. The monoisotopic (exact) mass is 118 g/mol. The van der Waals surface area contributed by atoms with E-state index in [1.54, 1.807) is 0 Å². The van der Waals surface area contributed by atoms with Gasteiger partial charge in [0.25, 0.3) is 0 Å². The van der Waals surface area contributed by atoms with Gasteiger partial charge in [0.2, 0.25) is 0 Å². The van der Waals surface area contributed by atoms with Crippen molar-refractivity contribution in [3.63, 3.8) is 0 Å². The molecule has 4 heteroatoms. The second-order valence-corrected chi connectivity index (χ2v) is 1.65. The van der Waals surface area contributed by atoms with Crippen molar-refractivity contribution < 1.29 is 10.0 Å².